The molecule has 0 atom stereocenters. The quantitative estimate of drug-likeness (QED) is 0.539. The van der Waals surface area contributed by atoms with E-state index in [1.807, 2.05) is 24.9 Å². The molecule has 0 aromatic heterocycles. The number of hydrogen-bond donors (Lipinski definition) is 1. The van der Waals surface area contributed by atoms with E-state index in [0.29, 0.717) is 5.84 Å². The fourth-order valence-corrected chi connectivity index (χ4v) is 0.927. The molecular weight excluding hydrogens is 124 g/mol. The van der Waals surface area contributed by atoms with Crippen LogP contribution in [0, 0.1) is 5.41 Å². The zero-order valence-corrected chi connectivity index (χ0v) is 6.44. The Bertz CT molecular complexity index is 213. The molecule has 0 spiro atoms. The van der Waals surface area contributed by atoms with Gasteiger partial charge in [0.25, 0.3) is 0 Å². The zero-order valence-electron chi connectivity index (χ0n) is 6.44. The second-order valence-corrected chi connectivity index (χ2v) is 2.57. The lowest BCUT2D eigenvalue weighted by Gasteiger charge is -2.26. The topological polar surface area (TPSA) is 27.1 Å². The van der Waals surface area contributed by atoms with Crippen LogP contribution in [0.1, 0.15) is 13.3 Å². The van der Waals surface area contributed by atoms with Gasteiger partial charge in [-0.2, -0.15) is 0 Å². The van der Waals surface area contributed by atoms with Gasteiger partial charge in [-0.05, 0) is 12.5 Å². The molecule has 0 bridgehead atoms. The Kier molecular flexibility index (Phi) is 1.62. The first-order valence-corrected chi connectivity index (χ1v) is 3.30. The number of allylic oxidation sites excluding steroid dienone is 1. The molecule has 0 aliphatic carbocycles. The Balaban J connectivity index is 2.91. The van der Waals surface area contributed by atoms with E-state index in [1.165, 1.54) is 0 Å². The molecule has 1 aliphatic heterocycles. The third kappa shape index (κ3) is 0.967. The molecule has 0 radical (unpaired) electrons. The van der Waals surface area contributed by atoms with Crippen LogP contribution in [0.2, 0.25) is 0 Å². The molecule has 2 heteroatoms. The second-order valence-electron chi connectivity index (χ2n) is 2.57. The summed E-state index contributed by atoms with van der Waals surface area (Å²) in [7, 11) is 1.88. The highest BCUT2D eigenvalue weighted by Gasteiger charge is 2.13. The molecule has 0 fully saturated rings. The monoisotopic (exact) mass is 136 g/mol. The van der Waals surface area contributed by atoms with Crippen molar-refractivity contribution in [1.29, 1.82) is 5.41 Å². The van der Waals surface area contributed by atoms with Crippen LogP contribution in [0.5, 0.6) is 0 Å². The van der Waals surface area contributed by atoms with Crippen molar-refractivity contribution in [3.8, 4) is 0 Å². The number of likely N-dealkylation sites (N-methyl/N-ethyl adjacent to an activating group) is 1. The summed E-state index contributed by atoms with van der Waals surface area (Å²) in [4.78, 5) is 1.81. The molecule has 10 heavy (non-hydrogen) atoms. The van der Waals surface area contributed by atoms with Crippen molar-refractivity contribution in [3.63, 3.8) is 0 Å². The Morgan fingerprint density at radius 1 is 1.70 bits per heavy atom. The fraction of sp³-hybridized carbons (Fsp3) is 0.375. The van der Waals surface area contributed by atoms with E-state index in [1.54, 1.807) is 0 Å². The molecule has 0 aromatic carbocycles. The molecule has 0 saturated carbocycles. The van der Waals surface area contributed by atoms with Gasteiger partial charge in [-0.3, -0.25) is 5.41 Å². The van der Waals surface area contributed by atoms with Gasteiger partial charge >= 0.3 is 0 Å². The SMILES string of the molecule is C=C1CC=C(C)C(=N)N1C. The van der Waals surface area contributed by atoms with Crippen LogP contribution in [-0.4, -0.2) is 17.8 Å². The molecule has 0 unspecified atom stereocenters. The maximum absolute atomic E-state index is 7.53. The molecule has 1 rings (SSSR count). The number of amidine groups is 1. The van der Waals surface area contributed by atoms with Crippen molar-refractivity contribution in [2.24, 2.45) is 0 Å². The number of rotatable bonds is 0. The van der Waals surface area contributed by atoms with Crippen molar-refractivity contribution < 1.29 is 0 Å². The first kappa shape index (κ1) is 7.06. The molecule has 0 amide bonds. The summed E-state index contributed by atoms with van der Waals surface area (Å²) in [6.07, 6.45) is 2.91. The van der Waals surface area contributed by atoms with Gasteiger partial charge in [0.15, 0.2) is 0 Å². The Labute approximate surface area is 61.4 Å². The molecular formula is C8H12N2. The highest BCUT2D eigenvalue weighted by molar-refractivity contribution is 5.97. The van der Waals surface area contributed by atoms with Crippen molar-refractivity contribution in [2.75, 3.05) is 7.05 Å². The summed E-state index contributed by atoms with van der Waals surface area (Å²) in [5, 5.41) is 7.53. The summed E-state index contributed by atoms with van der Waals surface area (Å²) < 4.78 is 0. The van der Waals surface area contributed by atoms with Gasteiger partial charge in [0.2, 0.25) is 0 Å². The van der Waals surface area contributed by atoms with E-state index in [4.69, 9.17) is 5.41 Å². The van der Waals surface area contributed by atoms with Gasteiger partial charge in [0, 0.05) is 19.2 Å². The Hall–Kier alpha value is -1.05. The minimum atomic E-state index is 0.566. The van der Waals surface area contributed by atoms with Gasteiger partial charge in [-0.1, -0.05) is 12.7 Å². The highest BCUT2D eigenvalue weighted by Crippen LogP contribution is 2.16. The normalized spacial score (nSPS) is 19.4. The molecule has 2 nitrogen and oxygen atoms in total. The van der Waals surface area contributed by atoms with Gasteiger partial charge in [0.05, 0.1) is 0 Å². The van der Waals surface area contributed by atoms with Gasteiger partial charge in [-0.25, -0.2) is 0 Å². The highest BCUT2D eigenvalue weighted by atomic mass is 15.2. The minimum Gasteiger partial charge on any atom is -0.334 e. The van der Waals surface area contributed by atoms with E-state index < -0.39 is 0 Å². The standard InChI is InChI=1S/C8H12N2/c1-6-4-5-7(2)10(3)8(6)9/h4,9H,2,5H2,1,3H3. The third-order valence-electron chi connectivity index (χ3n) is 1.83. The summed E-state index contributed by atoms with van der Waals surface area (Å²) in [6, 6.07) is 0. The molecule has 54 valence electrons. The number of nitrogens with one attached hydrogen (secondary N) is 1. The third-order valence-corrected chi connectivity index (χ3v) is 1.83. The summed E-state index contributed by atoms with van der Waals surface area (Å²) in [6.45, 7) is 5.77. The lowest BCUT2D eigenvalue weighted by atomic mass is 10.1. The van der Waals surface area contributed by atoms with E-state index >= 15 is 0 Å². The van der Waals surface area contributed by atoms with Gasteiger partial charge in [0.1, 0.15) is 5.84 Å². The van der Waals surface area contributed by atoms with Crippen LogP contribution in [0.3, 0.4) is 0 Å². The summed E-state index contributed by atoms with van der Waals surface area (Å²) >= 11 is 0. The smallest absolute Gasteiger partial charge is 0.127 e. The molecule has 0 aromatic rings. The van der Waals surface area contributed by atoms with Crippen molar-refractivity contribution >= 4 is 5.84 Å². The average molecular weight is 136 g/mol. The van der Waals surface area contributed by atoms with Gasteiger partial charge < -0.3 is 4.90 Å². The lowest BCUT2D eigenvalue weighted by molar-refractivity contribution is 0.596. The lowest BCUT2D eigenvalue weighted by Crippen LogP contribution is -2.28. The average Bonchev–Trinajstić information content (AvgIpc) is 1.93. The van der Waals surface area contributed by atoms with Crippen LogP contribution >= 0.6 is 0 Å². The fourth-order valence-electron chi connectivity index (χ4n) is 0.927. The van der Waals surface area contributed by atoms with E-state index in [2.05, 4.69) is 6.58 Å². The Morgan fingerprint density at radius 3 is 2.80 bits per heavy atom. The molecule has 1 heterocycles. The minimum absolute atomic E-state index is 0.566. The van der Waals surface area contributed by atoms with Crippen molar-refractivity contribution in [2.45, 2.75) is 13.3 Å². The Morgan fingerprint density at radius 2 is 2.30 bits per heavy atom. The van der Waals surface area contributed by atoms with Crippen LogP contribution < -0.4 is 0 Å². The van der Waals surface area contributed by atoms with Crippen molar-refractivity contribution in [3.05, 3.63) is 23.9 Å². The second kappa shape index (κ2) is 2.29. The van der Waals surface area contributed by atoms with E-state index in [-0.39, 0.29) is 0 Å². The van der Waals surface area contributed by atoms with Crippen LogP contribution in [-0.2, 0) is 0 Å². The molecule has 1 aliphatic rings. The van der Waals surface area contributed by atoms with Crippen LogP contribution in [0.25, 0.3) is 0 Å². The zero-order chi connectivity index (χ0) is 7.72. The van der Waals surface area contributed by atoms with E-state index in [9.17, 15) is 0 Å². The predicted molar refractivity (Wildman–Crippen MR) is 43.0 cm³/mol. The first-order chi connectivity index (χ1) is 4.63. The van der Waals surface area contributed by atoms with Gasteiger partial charge in [-0.15, -0.1) is 0 Å². The maximum atomic E-state index is 7.53. The maximum Gasteiger partial charge on any atom is 0.127 e. The summed E-state index contributed by atoms with van der Waals surface area (Å²) in [5.41, 5.74) is 2.03. The first-order valence-electron chi connectivity index (χ1n) is 3.30. The summed E-state index contributed by atoms with van der Waals surface area (Å²) in [5.74, 6) is 0.566. The molecule has 1 N–H and O–H groups in total. The number of hydrogen-bond acceptors (Lipinski definition) is 1. The number of nitrogens with zero attached hydrogens (tertiary/aromatic N) is 1. The van der Waals surface area contributed by atoms with Crippen LogP contribution in [0.15, 0.2) is 23.9 Å². The van der Waals surface area contributed by atoms with Crippen LogP contribution in [0.4, 0.5) is 0 Å². The molecule has 0 saturated heterocycles. The predicted octanol–water partition coefficient (Wildman–Crippen LogP) is 1.76. The van der Waals surface area contributed by atoms with Crippen molar-refractivity contribution in [1.82, 2.24) is 4.90 Å². The largest absolute Gasteiger partial charge is 0.334 e. The van der Waals surface area contributed by atoms with E-state index in [0.717, 1.165) is 17.7 Å².